The molecule has 114 valence electrons. The summed E-state index contributed by atoms with van der Waals surface area (Å²) in [4.78, 5) is 0. The van der Waals surface area contributed by atoms with E-state index in [0.29, 0.717) is 5.92 Å². The number of ether oxygens (including phenoxy) is 1. The van der Waals surface area contributed by atoms with Gasteiger partial charge in [0.15, 0.2) is 0 Å². The fourth-order valence-corrected chi connectivity index (χ4v) is 2.28. The molecular formula is C18H31NO. The lowest BCUT2D eigenvalue weighted by molar-refractivity contribution is 0.309. The van der Waals surface area contributed by atoms with Gasteiger partial charge in [-0.25, -0.2) is 0 Å². The Labute approximate surface area is 124 Å². The standard InChI is InChI=1S/C18H31NO/c1-5-6-7-8-11-19-12-13-20-18-14-16(4)9-10-17(18)15(2)3/h9-10,14-15,19H,5-8,11-13H2,1-4H3. The minimum absolute atomic E-state index is 0.507. The third-order valence-corrected chi connectivity index (χ3v) is 3.53. The molecule has 0 aliphatic carbocycles. The topological polar surface area (TPSA) is 21.3 Å². The van der Waals surface area contributed by atoms with Crippen molar-refractivity contribution in [3.8, 4) is 5.75 Å². The smallest absolute Gasteiger partial charge is 0.123 e. The highest BCUT2D eigenvalue weighted by Gasteiger charge is 2.07. The van der Waals surface area contributed by atoms with E-state index in [-0.39, 0.29) is 0 Å². The van der Waals surface area contributed by atoms with E-state index in [1.807, 2.05) is 0 Å². The largest absolute Gasteiger partial charge is 0.492 e. The minimum atomic E-state index is 0.507. The van der Waals surface area contributed by atoms with Crippen molar-refractivity contribution >= 4 is 0 Å². The first-order chi connectivity index (χ1) is 9.65. The molecular weight excluding hydrogens is 246 g/mol. The van der Waals surface area contributed by atoms with Crippen LogP contribution < -0.4 is 10.1 Å². The molecule has 0 radical (unpaired) electrons. The van der Waals surface area contributed by atoms with E-state index in [2.05, 4.69) is 51.2 Å². The third-order valence-electron chi connectivity index (χ3n) is 3.53. The van der Waals surface area contributed by atoms with Gasteiger partial charge in [0, 0.05) is 6.54 Å². The van der Waals surface area contributed by atoms with Crippen LogP contribution in [-0.2, 0) is 0 Å². The van der Waals surface area contributed by atoms with E-state index in [1.165, 1.54) is 36.8 Å². The average Bonchev–Trinajstić information content (AvgIpc) is 2.41. The number of hydrogen-bond acceptors (Lipinski definition) is 2. The van der Waals surface area contributed by atoms with Crippen LogP contribution in [0.4, 0.5) is 0 Å². The summed E-state index contributed by atoms with van der Waals surface area (Å²) >= 11 is 0. The van der Waals surface area contributed by atoms with Crippen LogP contribution in [0.25, 0.3) is 0 Å². The van der Waals surface area contributed by atoms with Crippen molar-refractivity contribution in [1.82, 2.24) is 5.32 Å². The molecule has 1 aromatic rings. The van der Waals surface area contributed by atoms with Crippen molar-refractivity contribution in [2.75, 3.05) is 19.7 Å². The molecule has 0 amide bonds. The number of aryl methyl sites for hydroxylation is 1. The van der Waals surface area contributed by atoms with Gasteiger partial charge < -0.3 is 10.1 Å². The van der Waals surface area contributed by atoms with Gasteiger partial charge >= 0.3 is 0 Å². The number of nitrogens with one attached hydrogen (secondary N) is 1. The highest BCUT2D eigenvalue weighted by atomic mass is 16.5. The Kier molecular flexibility index (Phi) is 8.36. The molecule has 0 atom stereocenters. The molecule has 0 aliphatic heterocycles. The zero-order chi connectivity index (χ0) is 14.8. The first-order valence-corrected chi connectivity index (χ1v) is 8.09. The first-order valence-electron chi connectivity index (χ1n) is 8.09. The van der Waals surface area contributed by atoms with Gasteiger partial charge in [-0.15, -0.1) is 0 Å². The predicted octanol–water partition coefficient (Wildman–Crippen LogP) is 4.67. The SMILES string of the molecule is CCCCCCNCCOc1cc(C)ccc1C(C)C. The second kappa shape index (κ2) is 9.82. The fourth-order valence-electron chi connectivity index (χ4n) is 2.28. The van der Waals surface area contributed by atoms with Crippen LogP contribution >= 0.6 is 0 Å². The van der Waals surface area contributed by atoms with E-state index in [9.17, 15) is 0 Å². The Morgan fingerprint density at radius 1 is 1.10 bits per heavy atom. The van der Waals surface area contributed by atoms with Crippen molar-refractivity contribution < 1.29 is 4.74 Å². The van der Waals surface area contributed by atoms with Crippen LogP contribution in [0, 0.1) is 6.92 Å². The van der Waals surface area contributed by atoms with Crippen LogP contribution in [0.2, 0.25) is 0 Å². The number of unbranched alkanes of at least 4 members (excludes halogenated alkanes) is 3. The normalized spacial score (nSPS) is 11.1. The quantitative estimate of drug-likeness (QED) is 0.628. The summed E-state index contributed by atoms with van der Waals surface area (Å²) in [5, 5.41) is 3.45. The van der Waals surface area contributed by atoms with Gasteiger partial charge in [0.2, 0.25) is 0 Å². The zero-order valence-electron chi connectivity index (χ0n) is 13.7. The summed E-state index contributed by atoms with van der Waals surface area (Å²) in [6.45, 7) is 11.6. The first kappa shape index (κ1) is 17.0. The lowest BCUT2D eigenvalue weighted by Crippen LogP contribution is -2.22. The lowest BCUT2D eigenvalue weighted by atomic mass is 10.0. The molecule has 0 fully saturated rings. The number of benzene rings is 1. The van der Waals surface area contributed by atoms with Crippen LogP contribution in [0.15, 0.2) is 18.2 Å². The van der Waals surface area contributed by atoms with Crippen LogP contribution in [0.1, 0.15) is 63.5 Å². The molecule has 1 rings (SSSR count). The lowest BCUT2D eigenvalue weighted by Gasteiger charge is -2.15. The van der Waals surface area contributed by atoms with E-state index < -0.39 is 0 Å². The average molecular weight is 277 g/mol. The maximum Gasteiger partial charge on any atom is 0.123 e. The third kappa shape index (κ3) is 6.42. The van der Waals surface area contributed by atoms with Gasteiger partial charge in [-0.3, -0.25) is 0 Å². The highest BCUT2D eigenvalue weighted by Crippen LogP contribution is 2.27. The molecule has 0 saturated carbocycles. The summed E-state index contributed by atoms with van der Waals surface area (Å²) < 4.78 is 5.94. The zero-order valence-corrected chi connectivity index (χ0v) is 13.7. The molecule has 0 heterocycles. The summed E-state index contributed by atoms with van der Waals surface area (Å²) in [5.74, 6) is 1.56. The van der Waals surface area contributed by atoms with Crippen LogP contribution in [0.3, 0.4) is 0 Å². The van der Waals surface area contributed by atoms with E-state index in [1.54, 1.807) is 0 Å². The monoisotopic (exact) mass is 277 g/mol. The Balaban J connectivity index is 2.26. The molecule has 2 heteroatoms. The van der Waals surface area contributed by atoms with E-state index in [4.69, 9.17) is 4.74 Å². The maximum atomic E-state index is 5.94. The van der Waals surface area contributed by atoms with Gasteiger partial charge in [-0.1, -0.05) is 52.2 Å². The summed E-state index contributed by atoms with van der Waals surface area (Å²) in [5.41, 5.74) is 2.57. The molecule has 0 bridgehead atoms. The summed E-state index contributed by atoms with van der Waals surface area (Å²) in [6, 6.07) is 6.50. The number of hydrogen-bond donors (Lipinski definition) is 1. The van der Waals surface area contributed by atoms with Gasteiger partial charge in [0.25, 0.3) is 0 Å². The van der Waals surface area contributed by atoms with Crippen molar-refractivity contribution in [1.29, 1.82) is 0 Å². The minimum Gasteiger partial charge on any atom is -0.492 e. The Morgan fingerprint density at radius 3 is 2.60 bits per heavy atom. The Bertz CT molecular complexity index is 374. The molecule has 0 saturated heterocycles. The molecule has 1 N–H and O–H groups in total. The maximum absolute atomic E-state index is 5.94. The number of rotatable bonds is 10. The van der Waals surface area contributed by atoms with E-state index in [0.717, 1.165) is 25.4 Å². The van der Waals surface area contributed by atoms with Crippen LogP contribution in [0.5, 0.6) is 5.75 Å². The van der Waals surface area contributed by atoms with Crippen LogP contribution in [-0.4, -0.2) is 19.7 Å². The molecule has 0 unspecified atom stereocenters. The van der Waals surface area contributed by atoms with Gasteiger partial charge in [-0.05, 0) is 43.0 Å². The second-order valence-corrected chi connectivity index (χ2v) is 5.86. The van der Waals surface area contributed by atoms with Crippen molar-refractivity contribution in [3.05, 3.63) is 29.3 Å². The van der Waals surface area contributed by atoms with Crippen molar-refractivity contribution in [2.45, 2.75) is 59.3 Å². The molecule has 0 spiro atoms. The van der Waals surface area contributed by atoms with Gasteiger partial charge in [-0.2, -0.15) is 0 Å². The summed E-state index contributed by atoms with van der Waals surface area (Å²) in [6.07, 6.45) is 5.25. The Hall–Kier alpha value is -1.02. The molecule has 20 heavy (non-hydrogen) atoms. The van der Waals surface area contributed by atoms with E-state index >= 15 is 0 Å². The summed E-state index contributed by atoms with van der Waals surface area (Å²) in [7, 11) is 0. The molecule has 0 aromatic heterocycles. The van der Waals surface area contributed by atoms with Gasteiger partial charge in [0.05, 0.1) is 0 Å². The van der Waals surface area contributed by atoms with Crippen molar-refractivity contribution in [3.63, 3.8) is 0 Å². The molecule has 2 nitrogen and oxygen atoms in total. The van der Waals surface area contributed by atoms with Crippen molar-refractivity contribution in [2.24, 2.45) is 0 Å². The fraction of sp³-hybridized carbons (Fsp3) is 0.667. The molecule has 1 aromatic carbocycles. The Morgan fingerprint density at radius 2 is 1.90 bits per heavy atom. The molecule has 0 aliphatic rings. The van der Waals surface area contributed by atoms with Gasteiger partial charge in [0.1, 0.15) is 12.4 Å². The highest BCUT2D eigenvalue weighted by molar-refractivity contribution is 5.39. The second-order valence-electron chi connectivity index (χ2n) is 5.86. The predicted molar refractivity (Wildman–Crippen MR) is 87.8 cm³/mol.